The van der Waals surface area contributed by atoms with Gasteiger partial charge in [0.2, 0.25) is 0 Å². The van der Waals surface area contributed by atoms with Crippen LogP contribution in [0.25, 0.3) is 0 Å². The summed E-state index contributed by atoms with van der Waals surface area (Å²) >= 11 is 0. The fourth-order valence-electron chi connectivity index (χ4n) is 3.35. The summed E-state index contributed by atoms with van der Waals surface area (Å²) in [6.45, 7) is 10.8. The van der Waals surface area contributed by atoms with E-state index in [0.29, 0.717) is 151 Å². The topological polar surface area (TPSA) is 171 Å². The van der Waals surface area contributed by atoms with Gasteiger partial charge in [-0.1, -0.05) is 30.3 Å². The zero-order chi connectivity index (χ0) is 33.7. The fourth-order valence-corrected chi connectivity index (χ4v) is 3.35. The second kappa shape index (κ2) is 35.2. The van der Waals surface area contributed by atoms with Crippen LogP contribution < -0.4 is 5.73 Å². The van der Waals surface area contributed by atoms with E-state index in [-0.39, 0.29) is 13.2 Å². The molecule has 0 bridgehead atoms. The van der Waals surface area contributed by atoms with Gasteiger partial charge in [-0.25, -0.2) is 4.79 Å². The van der Waals surface area contributed by atoms with Crippen LogP contribution in [0.3, 0.4) is 0 Å². The fraction of sp³-hybridized carbons (Fsp3) is 0.750. The van der Waals surface area contributed by atoms with Gasteiger partial charge in [0.15, 0.2) is 0 Å². The standard InChI is InChI=1S/C32H55NO14/c33-6-7-36-8-9-37-10-11-38-12-13-39-14-15-40-16-17-41-18-19-42-20-21-43-22-23-44-24-25-45-26-27-46-28-29-47-32(35)31(34)30-4-2-1-3-5-30/h1-5H,6-29,33H2. The molecular weight excluding hydrogens is 622 g/mol. The molecule has 0 saturated carbocycles. The van der Waals surface area contributed by atoms with Crippen LogP contribution in [-0.2, 0) is 61.6 Å². The molecule has 1 aromatic carbocycles. The van der Waals surface area contributed by atoms with Crippen LogP contribution >= 0.6 is 0 Å². The van der Waals surface area contributed by atoms with Gasteiger partial charge in [-0.05, 0) is 0 Å². The summed E-state index contributed by atoms with van der Waals surface area (Å²) in [5.41, 5.74) is 5.62. The third-order valence-electron chi connectivity index (χ3n) is 5.66. The average Bonchev–Trinajstić information content (AvgIpc) is 3.10. The molecule has 1 aromatic rings. The maximum Gasteiger partial charge on any atom is 0.379 e. The summed E-state index contributed by atoms with van der Waals surface area (Å²) in [6.07, 6.45) is 0. The lowest BCUT2D eigenvalue weighted by Crippen LogP contribution is -2.20. The van der Waals surface area contributed by atoms with Crippen molar-refractivity contribution in [2.75, 3.05) is 159 Å². The molecular formula is C32H55NO14. The third kappa shape index (κ3) is 29.7. The molecule has 0 unspecified atom stereocenters. The van der Waals surface area contributed by atoms with Gasteiger partial charge in [0.1, 0.15) is 6.61 Å². The Balaban J connectivity index is 1.66. The van der Waals surface area contributed by atoms with Crippen LogP contribution in [-0.4, -0.2) is 170 Å². The summed E-state index contributed by atoms with van der Waals surface area (Å²) in [4.78, 5) is 23.6. The molecule has 0 aliphatic rings. The van der Waals surface area contributed by atoms with E-state index in [9.17, 15) is 9.59 Å². The van der Waals surface area contributed by atoms with Crippen LogP contribution in [0.5, 0.6) is 0 Å². The molecule has 0 heterocycles. The lowest BCUT2D eigenvalue weighted by molar-refractivity contribution is -0.139. The summed E-state index contributed by atoms with van der Waals surface area (Å²) in [5, 5.41) is 0. The second-order valence-corrected chi connectivity index (χ2v) is 9.36. The maximum atomic E-state index is 11.9. The molecule has 0 saturated heterocycles. The Kier molecular flexibility index (Phi) is 32.1. The average molecular weight is 678 g/mol. The minimum absolute atomic E-state index is 0.00351. The number of ether oxygens (including phenoxy) is 12. The Labute approximate surface area is 278 Å². The smallest absolute Gasteiger partial charge is 0.379 e. The van der Waals surface area contributed by atoms with E-state index in [2.05, 4.69) is 0 Å². The normalized spacial score (nSPS) is 11.3. The summed E-state index contributed by atoms with van der Waals surface area (Å²) < 4.78 is 64.3. The highest BCUT2D eigenvalue weighted by Gasteiger charge is 2.17. The van der Waals surface area contributed by atoms with Crippen LogP contribution in [0.2, 0.25) is 0 Å². The molecule has 0 fully saturated rings. The van der Waals surface area contributed by atoms with Gasteiger partial charge in [0.05, 0.1) is 145 Å². The Morgan fingerprint density at radius 3 is 0.915 bits per heavy atom. The number of ketones is 1. The monoisotopic (exact) mass is 677 g/mol. The van der Waals surface area contributed by atoms with E-state index in [1.165, 1.54) is 0 Å². The van der Waals surface area contributed by atoms with E-state index < -0.39 is 11.8 Å². The number of Topliss-reactive ketones (excluding diaryl/α,β-unsaturated/α-hetero) is 1. The molecule has 15 nitrogen and oxygen atoms in total. The van der Waals surface area contributed by atoms with E-state index in [0.717, 1.165) is 0 Å². The van der Waals surface area contributed by atoms with E-state index in [1.807, 2.05) is 0 Å². The van der Waals surface area contributed by atoms with Gasteiger partial charge in [0.25, 0.3) is 5.78 Å². The van der Waals surface area contributed by atoms with E-state index in [4.69, 9.17) is 62.6 Å². The Bertz CT molecular complexity index is 820. The first kappa shape index (κ1) is 42.9. The van der Waals surface area contributed by atoms with Gasteiger partial charge in [-0.2, -0.15) is 0 Å². The maximum absolute atomic E-state index is 11.9. The van der Waals surface area contributed by atoms with Crippen molar-refractivity contribution in [3.8, 4) is 0 Å². The molecule has 15 heteroatoms. The van der Waals surface area contributed by atoms with Crippen molar-refractivity contribution in [2.45, 2.75) is 0 Å². The molecule has 0 aromatic heterocycles. The van der Waals surface area contributed by atoms with Gasteiger partial charge in [-0.3, -0.25) is 4.79 Å². The number of rotatable bonds is 37. The Morgan fingerprint density at radius 1 is 0.383 bits per heavy atom. The van der Waals surface area contributed by atoms with Gasteiger partial charge < -0.3 is 62.6 Å². The van der Waals surface area contributed by atoms with Gasteiger partial charge in [-0.15, -0.1) is 0 Å². The van der Waals surface area contributed by atoms with Gasteiger partial charge in [0, 0.05) is 12.1 Å². The number of carbonyl (C=O) groups excluding carboxylic acids is 2. The van der Waals surface area contributed by atoms with Crippen molar-refractivity contribution >= 4 is 11.8 Å². The third-order valence-corrected chi connectivity index (χ3v) is 5.66. The van der Waals surface area contributed by atoms with Crippen molar-refractivity contribution in [3.63, 3.8) is 0 Å². The highest BCUT2D eigenvalue weighted by atomic mass is 16.6. The molecule has 0 aliphatic heterocycles. The number of benzene rings is 1. The summed E-state index contributed by atoms with van der Waals surface area (Å²) in [7, 11) is 0. The Hall–Kier alpha value is -2.12. The number of carbonyl (C=O) groups is 2. The predicted molar refractivity (Wildman–Crippen MR) is 170 cm³/mol. The predicted octanol–water partition coefficient (Wildman–Crippen LogP) is 0.554. The molecule has 272 valence electrons. The number of esters is 1. The van der Waals surface area contributed by atoms with Crippen LogP contribution in [0.4, 0.5) is 0 Å². The highest BCUT2D eigenvalue weighted by Crippen LogP contribution is 2.01. The molecule has 2 N–H and O–H groups in total. The quantitative estimate of drug-likeness (QED) is 0.0448. The molecule has 0 spiro atoms. The van der Waals surface area contributed by atoms with Crippen LogP contribution in [0.1, 0.15) is 10.4 Å². The lowest BCUT2D eigenvalue weighted by atomic mass is 10.1. The van der Waals surface area contributed by atoms with E-state index >= 15 is 0 Å². The number of nitrogens with two attached hydrogens (primary N) is 1. The van der Waals surface area contributed by atoms with Crippen molar-refractivity contribution in [2.24, 2.45) is 5.73 Å². The van der Waals surface area contributed by atoms with Crippen molar-refractivity contribution in [1.29, 1.82) is 0 Å². The summed E-state index contributed by atoms with van der Waals surface area (Å²) in [6, 6.07) is 8.25. The van der Waals surface area contributed by atoms with Gasteiger partial charge >= 0.3 is 5.97 Å². The summed E-state index contributed by atoms with van der Waals surface area (Å²) in [5.74, 6) is -1.57. The largest absolute Gasteiger partial charge is 0.457 e. The minimum Gasteiger partial charge on any atom is -0.457 e. The molecule has 1 rings (SSSR count). The molecule has 0 aliphatic carbocycles. The first-order chi connectivity index (χ1) is 23.3. The molecule has 0 radical (unpaired) electrons. The zero-order valence-corrected chi connectivity index (χ0v) is 27.7. The first-order valence-electron chi connectivity index (χ1n) is 16.1. The van der Waals surface area contributed by atoms with Crippen LogP contribution in [0, 0.1) is 0 Å². The SMILES string of the molecule is NCCOCCOCCOCCOCCOCCOCCOCCOCCOCCOCCOCCOC(=O)C(=O)c1ccccc1. The van der Waals surface area contributed by atoms with Crippen molar-refractivity contribution in [1.82, 2.24) is 0 Å². The zero-order valence-electron chi connectivity index (χ0n) is 27.7. The number of hydrogen-bond donors (Lipinski definition) is 1. The number of hydrogen-bond acceptors (Lipinski definition) is 15. The lowest BCUT2D eigenvalue weighted by Gasteiger charge is -2.09. The van der Waals surface area contributed by atoms with Crippen molar-refractivity contribution < 1.29 is 66.4 Å². The second-order valence-electron chi connectivity index (χ2n) is 9.36. The Morgan fingerprint density at radius 2 is 0.638 bits per heavy atom. The highest BCUT2D eigenvalue weighted by molar-refractivity contribution is 6.40. The first-order valence-corrected chi connectivity index (χ1v) is 16.1. The molecule has 47 heavy (non-hydrogen) atoms. The van der Waals surface area contributed by atoms with Crippen LogP contribution in [0.15, 0.2) is 30.3 Å². The van der Waals surface area contributed by atoms with E-state index in [1.54, 1.807) is 30.3 Å². The molecule has 0 atom stereocenters. The minimum atomic E-state index is -0.898. The van der Waals surface area contributed by atoms with Crippen molar-refractivity contribution in [3.05, 3.63) is 35.9 Å². The molecule has 0 amide bonds.